The second-order valence-corrected chi connectivity index (χ2v) is 12.1. The zero-order valence-electron chi connectivity index (χ0n) is 21.7. The van der Waals surface area contributed by atoms with Gasteiger partial charge in [0.05, 0.1) is 30.4 Å². The van der Waals surface area contributed by atoms with Crippen LogP contribution in [0, 0.1) is 0 Å². The third-order valence-electron chi connectivity index (χ3n) is 6.62. The summed E-state index contributed by atoms with van der Waals surface area (Å²) >= 11 is 4.28. The van der Waals surface area contributed by atoms with E-state index in [1.807, 2.05) is 60.7 Å². The molecule has 0 amide bonds. The molecule has 0 N–H and O–H groups in total. The fourth-order valence-electron chi connectivity index (χ4n) is 4.56. The van der Waals surface area contributed by atoms with Crippen LogP contribution >= 0.6 is 34.4 Å². The summed E-state index contributed by atoms with van der Waals surface area (Å²) < 4.78 is 26.1. The van der Waals surface area contributed by atoms with Crippen LogP contribution < -0.4 is 0 Å². The highest BCUT2D eigenvalue weighted by atomic mass is 127. The molecule has 0 aromatic heterocycles. The average Bonchev–Trinajstić information content (AvgIpc) is 2.99. The Kier molecular flexibility index (Phi) is 10.5. The van der Waals surface area contributed by atoms with Gasteiger partial charge < -0.3 is 18.9 Å². The standard InChI is InChI=1S/C33H33IO4S/c34-31(25-39-29-19-11-4-12-20-29)33(37-23-28-17-9-3-10-18-28)32(36-22-27-15-7-2-8-16-27)30(38-33)24-35-21-26-13-5-1-6-14-26/h1-20,30-32H,21-25H2/t30-,31+,32-,33+/m1/s1. The molecule has 4 atom stereocenters. The highest BCUT2D eigenvalue weighted by Crippen LogP contribution is 2.45. The largest absolute Gasteiger partial charge is 0.374 e. The second-order valence-electron chi connectivity index (χ2n) is 9.46. The molecule has 0 radical (unpaired) electrons. The summed E-state index contributed by atoms with van der Waals surface area (Å²) in [6.07, 6.45) is -0.511. The smallest absolute Gasteiger partial charge is 0.211 e. The maximum absolute atomic E-state index is 6.67. The molecule has 39 heavy (non-hydrogen) atoms. The summed E-state index contributed by atoms with van der Waals surface area (Å²) in [5.74, 6) is -0.0735. The molecular weight excluding hydrogens is 619 g/mol. The minimum atomic E-state index is -0.895. The van der Waals surface area contributed by atoms with Crippen LogP contribution in [-0.2, 0) is 38.8 Å². The van der Waals surface area contributed by atoms with Gasteiger partial charge in [-0.25, -0.2) is 0 Å². The summed E-state index contributed by atoms with van der Waals surface area (Å²) in [5.41, 5.74) is 3.36. The molecule has 5 rings (SSSR count). The van der Waals surface area contributed by atoms with Gasteiger partial charge in [0, 0.05) is 10.6 Å². The Bertz CT molecular complexity index is 1250. The third-order valence-corrected chi connectivity index (χ3v) is 9.63. The van der Waals surface area contributed by atoms with Crippen molar-refractivity contribution in [1.29, 1.82) is 0 Å². The molecular formula is C33H33IO4S. The molecule has 1 aliphatic heterocycles. The lowest BCUT2D eigenvalue weighted by Gasteiger charge is -2.55. The number of rotatable bonds is 14. The molecule has 0 bridgehead atoms. The van der Waals surface area contributed by atoms with Crippen LogP contribution in [0.1, 0.15) is 16.7 Å². The fraction of sp³-hybridized carbons (Fsp3) is 0.273. The van der Waals surface area contributed by atoms with E-state index >= 15 is 0 Å². The number of ether oxygens (including phenoxy) is 4. The summed E-state index contributed by atoms with van der Waals surface area (Å²) in [5, 5.41) is 0. The van der Waals surface area contributed by atoms with Gasteiger partial charge in [0.25, 0.3) is 0 Å². The van der Waals surface area contributed by atoms with E-state index in [4.69, 9.17) is 18.9 Å². The lowest BCUT2D eigenvalue weighted by atomic mass is 9.93. The number of hydrogen-bond donors (Lipinski definition) is 0. The molecule has 1 fully saturated rings. The number of thioether (sulfide) groups is 1. The fourth-order valence-corrected chi connectivity index (χ4v) is 6.70. The molecule has 4 nitrogen and oxygen atoms in total. The van der Waals surface area contributed by atoms with E-state index in [1.54, 1.807) is 11.8 Å². The predicted octanol–water partition coefficient (Wildman–Crippen LogP) is 7.70. The molecule has 0 saturated carbocycles. The molecule has 1 heterocycles. The van der Waals surface area contributed by atoms with Gasteiger partial charge in [-0.1, -0.05) is 132 Å². The second kappa shape index (κ2) is 14.4. The summed E-state index contributed by atoms with van der Waals surface area (Å²) in [6.45, 7) is 1.89. The molecule has 6 heteroatoms. The van der Waals surface area contributed by atoms with E-state index in [1.165, 1.54) is 4.90 Å². The third kappa shape index (κ3) is 7.72. The van der Waals surface area contributed by atoms with Crippen LogP contribution in [0.15, 0.2) is 126 Å². The van der Waals surface area contributed by atoms with Crippen molar-refractivity contribution in [3.63, 3.8) is 0 Å². The molecule has 1 saturated heterocycles. The van der Waals surface area contributed by atoms with Crippen LogP contribution in [0.4, 0.5) is 0 Å². The van der Waals surface area contributed by atoms with Crippen molar-refractivity contribution < 1.29 is 18.9 Å². The van der Waals surface area contributed by atoms with E-state index in [2.05, 4.69) is 83.3 Å². The van der Waals surface area contributed by atoms with Gasteiger partial charge >= 0.3 is 0 Å². The van der Waals surface area contributed by atoms with Crippen LogP contribution in [0.25, 0.3) is 0 Å². The first-order chi connectivity index (χ1) is 19.2. The first kappa shape index (κ1) is 28.3. The van der Waals surface area contributed by atoms with Gasteiger partial charge in [-0.15, -0.1) is 11.8 Å². The predicted molar refractivity (Wildman–Crippen MR) is 165 cm³/mol. The Balaban J connectivity index is 1.33. The Morgan fingerprint density at radius 2 is 1.21 bits per heavy atom. The Hall–Kier alpha value is -2.20. The van der Waals surface area contributed by atoms with Gasteiger partial charge in [0.2, 0.25) is 5.79 Å². The van der Waals surface area contributed by atoms with E-state index in [-0.39, 0.29) is 16.1 Å². The lowest BCUT2D eigenvalue weighted by molar-refractivity contribution is -0.413. The molecule has 4 aromatic carbocycles. The van der Waals surface area contributed by atoms with E-state index in [0.29, 0.717) is 26.4 Å². The maximum Gasteiger partial charge on any atom is 0.211 e. The van der Waals surface area contributed by atoms with Crippen molar-refractivity contribution in [3.05, 3.63) is 138 Å². The number of alkyl halides is 1. The Labute approximate surface area is 249 Å². The van der Waals surface area contributed by atoms with Crippen molar-refractivity contribution in [2.75, 3.05) is 12.4 Å². The minimum Gasteiger partial charge on any atom is -0.374 e. The topological polar surface area (TPSA) is 36.9 Å². The Morgan fingerprint density at radius 3 is 1.79 bits per heavy atom. The molecule has 0 unspecified atom stereocenters. The maximum atomic E-state index is 6.67. The normalized spacial score (nSPS) is 21.3. The van der Waals surface area contributed by atoms with Crippen molar-refractivity contribution in [1.82, 2.24) is 0 Å². The quantitative estimate of drug-likeness (QED) is 0.0794. The van der Waals surface area contributed by atoms with Crippen molar-refractivity contribution in [3.8, 4) is 0 Å². The van der Waals surface area contributed by atoms with Crippen LogP contribution in [0.5, 0.6) is 0 Å². The van der Waals surface area contributed by atoms with Crippen molar-refractivity contribution in [2.45, 2.75) is 46.6 Å². The number of benzene rings is 4. The molecule has 4 aromatic rings. The summed E-state index contributed by atoms with van der Waals surface area (Å²) in [4.78, 5) is 1.22. The zero-order chi connectivity index (χ0) is 26.8. The molecule has 202 valence electrons. The Morgan fingerprint density at radius 1 is 0.692 bits per heavy atom. The van der Waals surface area contributed by atoms with E-state index in [0.717, 1.165) is 22.4 Å². The summed E-state index contributed by atoms with van der Waals surface area (Å²) in [7, 11) is 0. The molecule has 0 aliphatic carbocycles. The van der Waals surface area contributed by atoms with Crippen LogP contribution in [-0.4, -0.2) is 34.3 Å². The van der Waals surface area contributed by atoms with Gasteiger partial charge in [0.1, 0.15) is 12.2 Å². The van der Waals surface area contributed by atoms with E-state index < -0.39 is 5.79 Å². The number of hydrogen-bond acceptors (Lipinski definition) is 5. The first-order valence-electron chi connectivity index (χ1n) is 13.2. The van der Waals surface area contributed by atoms with Gasteiger partial charge in [0.15, 0.2) is 0 Å². The van der Waals surface area contributed by atoms with Gasteiger partial charge in [-0.2, -0.15) is 0 Å². The van der Waals surface area contributed by atoms with Crippen LogP contribution in [0.3, 0.4) is 0 Å². The van der Waals surface area contributed by atoms with Crippen molar-refractivity contribution in [2.24, 2.45) is 0 Å². The SMILES string of the molecule is I[C@@H](CSc1ccccc1)[C@]1(OCc2ccccc2)O[C@H](COCc2ccccc2)[C@H]1OCc1ccccc1. The number of halogens is 1. The van der Waals surface area contributed by atoms with E-state index in [9.17, 15) is 0 Å². The zero-order valence-corrected chi connectivity index (χ0v) is 24.7. The highest BCUT2D eigenvalue weighted by molar-refractivity contribution is 14.1. The van der Waals surface area contributed by atoms with Gasteiger partial charge in [-0.05, 0) is 28.8 Å². The lowest BCUT2D eigenvalue weighted by Crippen LogP contribution is -2.72. The average molecular weight is 653 g/mol. The summed E-state index contributed by atoms with van der Waals surface area (Å²) in [6, 6.07) is 41.1. The molecule has 0 spiro atoms. The minimum absolute atomic E-state index is 0.0372. The first-order valence-corrected chi connectivity index (χ1v) is 15.4. The van der Waals surface area contributed by atoms with Gasteiger partial charge in [-0.3, -0.25) is 0 Å². The monoisotopic (exact) mass is 652 g/mol. The highest BCUT2D eigenvalue weighted by Gasteiger charge is 2.61. The van der Waals surface area contributed by atoms with Crippen LogP contribution in [0.2, 0.25) is 0 Å². The van der Waals surface area contributed by atoms with Crippen molar-refractivity contribution >= 4 is 34.4 Å². The molecule has 1 aliphatic rings.